The molecule has 2 aliphatic rings. The smallest absolute Gasteiger partial charge is 0.157 e. The summed E-state index contributed by atoms with van der Waals surface area (Å²) in [6.45, 7) is 7.16. The Morgan fingerprint density at radius 1 is 1.60 bits per heavy atom. The van der Waals surface area contributed by atoms with Crippen LogP contribution in [0.3, 0.4) is 0 Å². The fourth-order valence-electron chi connectivity index (χ4n) is 1.92. The molecule has 2 rings (SSSR count). The molecule has 3 nitrogen and oxygen atoms in total. The minimum atomic E-state index is 0.102. The highest BCUT2D eigenvalue weighted by Crippen LogP contribution is 2.22. The molecule has 2 heterocycles. The highest BCUT2D eigenvalue weighted by Gasteiger charge is 2.29. The van der Waals surface area contributed by atoms with Gasteiger partial charge in [0.2, 0.25) is 0 Å². The van der Waals surface area contributed by atoms with Crippen LogP contribution in [-0.4, -0.2) is 36.2 Å². The lowest BCUT2D eigenvalue weighted by molar-refractivity contribution is 0.0374. The summed E-state index contributed by atoms with van der Waals surface area (Å²) in [5, 5.41) is 4.65. The van der Waals surface area contributed by atoms with E-state index in [0.717, 1.165) is 37.3 Å². The predicted octanol–water partition coefficient (Wildman–Crippen LogP) is 1.88. The van der Waals surface area contributed by atoms with Gasteiger partial charge in [-0.3, -0.25) is 4.99 Å². The van der Waals surface area contributed by atoms with Crippen LogP contribution < -0.4 is 5.32 Å². The molecule has 0 bridgehead atoms. The number of nitrogens with zero attached hydrogens (tertiary/aromatic N) is 1. The first-order valence-corrected chi connectivity index (χ1v) is 6.70. The molecule has 86 valence electrons. The Hall–Kier alpha value is -0.220. The normalized spacial score (nSPS) is 37.2. The van der Waals surface area contributed by atoms with Gasteiger partial charge in [-0.25, -0.2) is 0 Å². The first-order chi connectivity index (χ1) is 7.18. The largest absolute Gasteiger partial charge is 0.379 e. The van der Waals surface area contributed by atoms with Crippen molar-refractivity contribution in [1.82, 2.24) is 5.32 Å². The Kier molecular flexibility index (Phi) is 3.57. The molecule has 4 heteroatoms. The van der Waals surface area contributed by atoms with E-state index < -0.39 is 0 Å². The molecule has 1 saturated heterocycles. The molecule has 0 aromatic rings. The van der Waals surface area contributed by atoms with E-state index in [-0.39, 0.29) is 5.54 Å². The van der Waals surface area contributed by atoms with E-state index in [9.17, 15) is 0 Å². The minimum Gasteiger partial charge on any atom is -0.379 e. The van der Waals surface area contributed by atoms with Gasteiger partial charge in [0, 0.05) is 18.9 Å². The van der Waals surface area contributed by atoms with Crippen LogP contribution >= 0.6 is 11.8 Å². The quantitative estimate of drug-likeness (QED) is 0.744. The summed E-state index contributed by atoms with van der Waals surface area (Å²) in [5.74, 6) is 1.90. The molecule has 0 spiro atoms. The van der Waals surface area contributed by atoms with Crippen molar-refractivity contribution in [3.8, 4) is 0 Å². The average Bonchev–Trinajstić information content (AvgIpc) is 2.22. The van der Waals surface area contributed by atoms with Gasteiger partial charge in [0.05, 0.1) is 12.1 Å². The average molecular weight is 228 g/mol. The maximum Gasteiger partial charge on any atom is 0.157 e. The number of amidine groups is 1. The van der Waals surface area contributed by atoms with Crippen molar-refractivity contribution in [3.05, 3.63) is 0 Å². The number of thioether (sulfide) groups is 1. The third-order valence-corrected chi connectivity index (χ3v) is 4.14. The molecular weight excluding hydrogens is 208 g/mol. The molecule has 2 aliphatic heterocycles. The van der Waals surface area contributed by atoms with Crippen molar-refractivity contribution >= 4 is 16.9 Å². The molecule has 0 saturated carbocycles. The van der Waals surface area contributed by atoms with Gasteiger partial charge in [-0.1, -0.05) is 18.7 Å². The van der Waals surface area contributed by atoms with Gasteiger partial charge >= 0.3 is 0 Å². The molecule has 0 amide bonds. The molecule has 2 atom stereocenters. The lowest BCUT2D eigenvalue weighted by Gasteiger charge is -2.36. The molecule has 1 N–H and O–H groups in total. The number of ether oxygens (including phenoxy) is 1. The van der Waals surface area contributed by atoms with Crippen molar-refractivity contribution in [2.45, 2.75) is 32.2 Å². The van der Waals surface area contributed by atoms with Crippen LogP contribution in [0.15, 0.2) is 4.99 Å². The standard InChI is InChI=1S/C11H20N2OS/c1-9-6-12-10(15-7-9)13-11(2)4-3-5-14-8-11/h9H,3-8H2,1-2H3,(H,12,13). The number of nitrogens with one attached hydrogen (secondary N) is 1. The highest BCUT2D eigenvalue weighted by atomic mass is 32.2. The third-order valence-electron chi connectivity index (χ3n) is 2.90. The van der Waals surface area contributed by atoms with E-state index in [4.69, 9.17) is 4.74 Å². The Balaban J connectivity index is 1.90. The summed E-state index contributed by atoms with van der Waals surface area (Å²) >= 11 is 1.85. The van der Waals surface area contributed by atoms with Crippen LogP contribution in [0.25, 0.3) is 0 Å². The lowest BCUT2D eigenvalue weighted by atomic mass is 9.95. The maximum absolute atomic E-state index is 5.52. The SMILES string of the molecule is CC1CN=C(NC2(C)CCCOC2)SC1. The number of aliphatic imine (C=N–C) groups is 1. The van der Waals surface area contributed by atoms with Crippen LogP contribution in [0.5, 0.6) is 0 Å². The van der Waals surface area contributed by atoms with Crippen LogP contribution in [0.2, 0.25) is 0 Å². The third kappa shape index (κ3) is 3.11. The zero-order valence-electron chi connectivity index (χ0n) is 9.58. The zero-order valence-corrected chi connectivity index (χ0v) is 10.4. The molecule has 0 radical (unpaired) electrons. The van der Waals surface area contributed by atoms with E-state index in [1.165, 1.54) is 12.2 Å². The van der Waals surface area contributed by atoms with E-state index in [2.05, 4.69) is 24.2 Å². The zero-order chi connectivity index (χ0) is 10.7. The highest BCUT2D eigenvalue weighted by molar-refractivity contribution is 8.13. The molecular formula is C11H20N2OS. The van der Waals surface area contributed by atoms with E-state index in [1.54, 1.807) is 0 Å². The van der Waals surface area contributed by atoms with Crippen LogP contribution in [0.4, 0.5) is 0 Å². The summed E-state index contributed by atoms with van der Waals surface area (Å²) in [5.41, 5.74) is 0.102. The first kappa shape index (κ1) is 11.3. The van der Waals surface area contributed by atoms with Crippen molar-refractivity contribution in [1.29, 1.82) is 0 Å². The fraction of sp³-hybridized carbons (Fsp3) is 0.909. The van der Waals surface area contributed by atoms with Crippen molar-refractivity contribution in [3.63, 3.8) is 0 Å². The second kappa shape index (κ2) is 4.74. The summed E-state index contributed by atoms with van der Waals surface area (Å²) in [6, 6.07) is 0. The minimum absolute atomic E-state index is 0.102. The number of hydrogen-bond donors (Lipinski definition) is 1. The van der Waals surface area contributed by atoms with Gasteiger partial charge in [-0.15, -0.1) is 0 Å². The van der Waals surface area contributed by atoms with E-state index in [0.29, 0.717) is 0 Å². The maximum atomic E-state index is 5.52. The topological polar surface area (TPSA) is 33.6 Å². The fourth-order valence-corrected chi connectivity index (χ4v) is 2.96. The molecule has 0 aliphatic carbocycles. The molecule has 0 aromatic carbocycles. The summed E-state index contributed by atoms with van der Waals surface area (Å²) in [7, 11) is 0. The first-order valence-electron chi connectivity index (χ1n) is 5.71. The predicted molar refractivity (Wildman–Crippen MR) is 65.5 cm³/mol. The van der Waals surface area contributed by atoms with E-state index >= 15 is 0 Å². The second-order valence-corrected chi connectivity index (χ2v) is 5.91. The van der Waals surface area contributed by atoms with Gasteiger partial charge in [-0.05, 0) is 25.7 Å². The van der Waals surface area contributed by atoms with Crippen molar-refractivity contribution in [2.24, 2.45) is 10.9 Å². The number of hydrogen-bond acceptors (Lipinski definition) is 4. The summed E-state index contributed by atoms with van der Waals surface area (Å²) in [4.78, 5) is 4.56. The van der Waals surface area contributed by atoms with Gasteiger partial charge < -0.3 is 10.1 Å². The van der Waals surface area contributed by atoms with Gasteiger partial charge in [0.1, 0.15) is 0 Å². The Bertz CT molecular complexity index is 249. The summed E-state index contributed by atoms with van der Waals surface area (Å²) in [6.07, 6.45) is 2.33. The lowest BCUT2D eigenvalue weighted by Crippen LogP contribution is -2.51. The van der Waals surface area contributed by atoms with Crippen LogP contribution in [0, 0.1) is 5.92 Å². The van der Waals surface area contributed by atoms with Crippen molar-refractivity contribution < 1.29 is 4.74 Å². The van der Waals surface area contributed by atoms with Gasteiger partial charge in [0.15, 0.2) is 5.17 Å². The van der Waals surface area contributed by atoms with Gasteiger partial charge in [0.25, 0.3) is 0 Å². The summed E-state index contributed by atoms with van der Waals surface area (Å²) < 4.78 is 5.52. The van der Waals surface area contributed by atoms with Crippen LogP contribution in [-0.2, 0) is 4.74 Å². The number of rotatable bonds is 1. The monoisotopic (exact) mass is 228 g/mol. The second-order valence-electron chi connectivity index (χ2n) is 4.90. The Labute approximate surface area is 96.1 Å². The van der Waals surface area contributed by atoms with Crippen molar-refractivity contribution in [2.75, 3.05) is 25.5 Å². The Morgan fingerprint density at radius 3 is 3.07 bits per heavy atom. The van der Waals surface area contributed by atoms with Crippen LogP contribution in [0.1, 0.15) is 26.7 Å². The Morgan fingerprint density at radius 2 is 2.47 bits per heavy atom. The van der Waals surface area contributed by atoms with E-state index in [1.807, 2.05) is 11.8 Å². The molecule has 2 unspecified atom stereocenters. The molecule has 15 heavy (non-hydrogen) atoms. The molecule has 0 aromatic heterocycles. The van der Waals surface area contributed by atoms with Gasteiger partial charge in [-0.2, -0.15) is 0 Å². The molecule has 1 fully saturated rings.